The van der Waals surface area contributed by atoms with Gasteiger partial charge in [-0.05, 0) is 36.8 Å². The summed E-state index contributed by atoms with van der Waals surface area (Å²) in [6.45, 7) is 6.78. The van der Waals surface area contributed by atoms with E-state index in [4.69, 9.17) is 0 Å². The highest BCUT2D eigenvalue weighted by atomic mass is 16.5. The second kappa shape index (κ2) is 12.1. The van der Waals surface area contributed by atoms with Gasteiger partial charge >= 0.3 is 0 Å². The highest BCUT2D eigenvalue weighted by Crippen LogP contribution is 2.13. The first kappa shape index (κ1) is 18.0. The van der Waals surface area contributed by atoms with Crippen molar-refractivity contribution in [1.29, 1.82) is 0 Å². The smallest absolute Gasteiger partial charge is 0.142 e. The second-order valence-corrected chi connectivity index (χ2v) is 3.53. The summed E-state index contributed by atoms with van der Waals surface area (Å²) < 4.78 is 4.54. The molecule has 0 amide bonds. The number of methoxy groups -OCH3 is 1. The van der Waals surface area contributed by atoms with Crippen molar-refractivity contribution in [2.24, 2.45) is 0 Å². The van der Waals surface area contributed by atoms with Crippen molar-refractivity contribution in [1.82, 2.24) is 4.98 Å². The molecule has 0 fully saturated rings. The fourth-order valence-electron chi connectivity index (χ4n) is 1.35. The molecule has 2 rings (SSSR count). The molecule has 3 nitrogen and oxygen atoms in total. The Bertz CT molecular complexity index is 519. The van der Waals surface area contributed by atoms with E-state index >= 15 is 0 Å². The van der Waals surface area contributed by atoms with Gasteiger partial charge in [-0.25, -0.2) is 0 Å². The third-order valence-electron chi connectivity index (χ3n) is 2.28. The van der Waals surface area contributed by atoms with E-state index in [-0.39, 0.29) is 0 Å². The molecule has 0 aliphatic rings. The Balaban J connectivity index is 0.000000521. The lowest BCUT2D eigenvalue weighted by Gasteiger charge is -1.97. The van der Waals surface area contributed by atoms with Crippen LogP contribution in [0.25, 0.3) is 17.0 Å². The maximum Gasteiger partial charge on any atom is 0.142 e. The van der Waals surface area contributed by atoms with Crippen LogP contribution in [0.3, 0.4) is 0 Å². The van der Waals surface area contributed by atoms with Crippen LogP contribution in [0.1, 0.15) is 26.3 Å². The number of aldehydes is 1. The lowest BCUT2D eigenvalue weighted by atomic mass is 10.1. The Morgan fingerprint density at radius 1 is 1.25 bits per heavy atom. The topological polar surface area (TPSA) is 39.2 Å². The maximum atomic E-state index is 10.1. The zero-order valence-corrected chi connectivity index (χ0v) is 12.7. The lowest BCUT2D eigenvalue weighted by molar-refractivity contribution is -0.104. The summed E-state index contributed by atoms with van der Waals surface area (Å²) in [5.41, 5.74) is 1.98. The third kappa shape index (κ3) is 6.81. The van der Waals surface area contributed by atoms with Crippen molar-refractivity contribution in [2.75, 3.05) is 13.7 Å². The number of rotatable bonds is 3. The number of aromatic nitrogens is 1. The summed E-state index contributed by atoms with van der Waals surface area (Å²) in [5, 5.41) is 1.08. The van der Waals surface area contributed by atoms with Crippen LogP contribution < -0.4 is 0 Å². The highest BCUT2D eigenvalue weighted by molar-refractivity contribution is 5.82. The maximum absolute atomic E-state index is 10.1. The predicted octanol–water partition coefficient (Wildman–Crippen LogP) is 4.13. The summed E-state index contributed by atoms with van der Waals surface area (Å²) >= 11 is 0. The SMILES string of the molecule is CC.CCOC.O=C/C=C/c1ccc2ncccc2c1. The van der Waals surface area contributed by atoms with Crippen LogP contribution in [0.4, 0.5) is 0 Å². The molecule has 20 heavy (non-hydrogen) atoms. The molecular weight excluding hydrogens is 250 g/mol. The molecule has 0 N–H and O–H groups in total. The predicted molar refractivity (Wildman–Crippen MR) is 85.7 cm³/mol. The van der Waals surface area contributed by atoms with Gasteiger partial charge in [0.05, 0.1) is 5.52 Å². The van der Waals surface area contributed by atoms with E-state index in [1.165, 1.54) is 6.08 Å². The van der Waals surface area contributed by atoms with Gasteiger partial charge in [0.25, 0.3) is 0 Å². The van der Waals surface area contributed by atoms with Crippen LogP contribution in [0, 0.1) is 0 Å². The molecule has 0 aliphatic carbocycles. The molecule has 0 radical (unpaired) electrons. The van der Waals surface area contributed by atoms with E-state index in [1.54, 1.807) is 19.4 Å². The van der Waals surface area contributed by atoms with Gasteiger partial charge in [0, 0.05) is 25.3 Å². The quantitative estimate of drug-likeness (QED) is 0.623. The normalized spacial score (nSPS) is 9.40. The first-order chi connectivity index (χ1) is 9.81. The Morgan fingerprint density at radius 2 is 1.95 bits per heavy atom. The molecule has 0 spiro atoms. The van der Waals surface area contributed by atoms with Crippen molar-refractivity contribution in [3.8, 4) is 0 Å². The average molecular weight is 273 g/mol. The molecule has 0 unspecified atom stereocenters. The van der Waals surface area contributed by atoms with Crippen molar-refractivity contribution in [3.05, 3.63) is 48.2 Å². The van der Waals surface area contributed by atoms with Crippen LogP contribution in [0.15, 0.2) is 42.6 Å². The van der Waals surface area contributed by atoms with Gasteiger partial charge in [0.15, 0.2) is 0 Å². The Morgan fingerprint density at radius 3 is 2.55 bits per heavy atom. The first-order valence-corrected chi connectivity index (χ1v) is 6.77. The van der Waals surface area contributed by atoms with E-state index in [0.29, 0.717) is 0 Å². The van der Waals surface area contributed by atoms with Crippen molar-refractivity contribution in [3.63, 3.8) is 0 Å². The monoisotopic (exact) mass is 273 g/mol. The van der Waals surface area contributed by atoms with Gasteiger partial charge < -0.3 is 4.74 Å². The molecule has 0 bridgehead atoms. The summed E-state index contributed by atoms with van der Waals surface area (Å²) in [4.78, 5) is 14.4. The highest BCUT2D eigenvalue weighted by Gasteiger charge is 1.93. The average Bonchev–Trinajstić information content (AvgIpc) is 2.55. The number of hydrogen-bond donors (Lipinski definition) is 0. The van der Waals surface area contributed by atoms with Gasteiger partial charge in [-0.1, -0.05) is 32.1 Å². The number of carbonyl (C=O) groups is 1. The molecule has 2 aromatic rings. The minimum atomic E-state index is 0.771. The van der Waals surface area contributed by atoms with Crippen LogP contribution in [0.2, 0.25) is 0 Å². The van der Waals surface area contributed by atoms with Crippen molar-refractivity contribution < 1.29 is 9.53 Å². The number of allylic oxidation sites excluding steroid dienone is 1. The van der Waals surface area contributed by atoms with E-state index in [0.717, 1.165) is 29.4 Å². The van der Waals surface area contributed by atoms with Crippen LogP contribution in [-0.2, 0) is 9.53 Å². The number of carbonyl (C=O) groups excluding carboxylic acids is 1. The molecular formula is C17H23NO2. The fraction of sp³-hybridized carbons (Fsp3) is 0.294. The van der Waals surface area contributed by atoms with Gasteiger partial charge in [-0.15, -0.1) is 0 Å². The minimum Gasteiger partial charge on any atom is -0.385 e. The molecule has 0 atom stereocenters. The zero-order chi connectivity index (χ0) is 15.2. The summed E-state index contributed by atoms with van der Waals surface area (Å²) in [5.74, 6) is 0. The number of fused-ring (bicyclic) bond motifs is 1. The summed E-state index contributed by atoms with van der Waals surface area (Å²) in [7, 11) is 1.68. The molecule has 0 saturated heterocycles. The number of ether oxygens (including phenoxy) is 1. The third-order valence-corrected chi connectivity index (χ3v) is 2.28. The standard InChI is InChI=1S/C12H9NO.C3H8O.C2H6/c14-8-2-3-10-5-6-12-11(9-10)4-1-7-13-12;1-3-4-2;1-2/h1-9H;3H2,1-2H3;1-2H3/b3-2+;;. The van der Waals surface area contributed by atoms with E-state index in [9.17, 15) is 4.79 Å². The van der Waals surface area contributed by atoms with E-state index < -0.39 is 0 Å². The fourth-order valence-corrected chi connectivity index (χ4v) is 1.35. The summed E-state index contributed by atoms with van der Waals surface area (Å²) in [6.07, 6.45) is 5.80. The molecule has 1 aromatic heterocycles. The number of benzene rings is 1. The van der Waals surface area contributed by atoms with E-state index in [1.807, 2.05) is 51.1 Å². The number of pyridine rings is 1. The zero-order valence-electron chi connectivity index (χ0n) is 12.7. The number of nitrogens with zero attached hydrogens (tertiary/aromatic N) is 1. The molecule has 3 heteroatoms. The lowest BCUT2D eigenvalue weighted by Crippen LogP contribution is -1.78. The van der Waals surface area contributed by atoms with Gasteiger partial charge in [-0.3, -0.25) is 9.78 Å². The Hall–Kier alpha value is -2.00. The summed E-state index contributed by atoms with van der Waals surface area (Å²) in [6, 6.07) is 9.79. The molecule has 0 aliphatic heterocycles. The molecule has 1 aromatic carbocycles. The van der Waals surface area contributed by atoms with Gasteiger partial charge in [0.2, 0.25) is 0 Å². The second-order valence-electron chi connectivity index (χ2n) is 3.53. The minimum absolute atomic E-state index is 0.771. The number of hydrogen-bond acceptors (Lipinski definition) is 3. The van der Waals surface area contributed by atoms with Crippen molar-refractivity contribution in [2.45, 2.75) is 20.8 Å². The first-order valence-electron chi connectivity index (χ1n) is 6.77. The van der Waals surface area contributed by atoms with E-state index in [2.05, 4.69) is 9.72 Å². The van der Waals surface area contributed by atoms with Crippen LogP contribution >= 0.6 is 0 Å². The molecule has 108 valence electrons. The Labute approximate surface area is 121 Å². The largest absolute Gasteiger partial charge is 0.385 e. The Kier molecular flexibility index (Phi) is 10.8. The van der Waals surface area contributed by atoms with Crippen molar-refractivity contribution >= 4 is 23.3 Å². The van der Waals surface area contributed by atoms with Gasteiger partial charge in [-0.2, -0.15) is 0 Å². The van der Waals surface area contributed by atoms with Gasteiger partial charge in [0.1, 0.15) is 6.29 Å². The van der Waals surface area contributed by atoms with Crippen LogP contribution in [0.5, 0.6) is 0 Å². The molecule has 1 heterocycles. The molecule has 0 saturated carbocycles. The van der Waals surface area contributed by atoms with Crippen LogP contribution in [-0.4, -0.2) is 25.0 Å².